The van der Waals surface area contributed by atoms with Gasteiger partial charge < -0.3 is 41.1 Å². The van der Waals surface area contributed by atoms with Crippen LogP contribution in [-0.4, -0.2) is 95.1 Å². The van der Waals surface area contributed by atoms with E-state index in [2.05, 4.69) is 31.4 Å². The molecule has 0 unspecified atom stereocenters. The first-order valence-corrected chi connectivity index (χ1v) is 15.1. The Morgan fingerprint density at radius 3 is 2.55 bits per heavy atom. The fraction of sp³-hybridized carbons (Fsp3) is 0.320. The maximum atomic E-state index is 13.2. The predicted octanol–water partition coefficient (Wildman–Crippen LogP) is 1.47. The number of aromatic hydroxyl groups is 2. The first-order chi connectivity index (χ1) is 20.6. The largest absolute Gasteiger partial charge is 0.504 e. The van der Waals surface area contributed by atoms with Gasteiger partial charge in [0.05, 0.1) is 16.6 Å². The summed E-state index contributed by atoms with van der Waals surface area (Å²) in [7, 11) is 0. The van der Waals surface area contributed by atoms with Crippen LogP contribution < -0.4 is 11.1 Å². The van der Waals surface area contributed by atoms with E-state index in [0.717, 1.165) is 22.3 Å². The molecular weight excluding hydrogens is 690 g/mol. The predicted molar refractivity (Wildman–Crippen MR) is 158 cm³/mol. The fourth-order valence-electron chi connectivity index (χ4n) is 3.94. The summed E-state index contributed by atoms with van der Waals surface area (Å²) in [5.41, 5.74) is 3.34. The zero-order valence-corrected chi connectivity index (χ0v) is 26.0. The number of aromatic nitrogens is 1. The number of carboxylic acids is 2. The average molecular weight is 715 g/mol. The number of β-lactam (4-membered cyclic amide) rings is 1. The Labute approximate surface area is 264 Å². The first kappa shape index (κ1) is 32.6. The van der Waals surface area contributed by atoms with Gasteiger partial charge in [-0.1, -0.05) is 5.16 Å². The summed E-state index contributed by atoms with van der Waals surface area (Å²) >= 11 is 5.16. The van der Waals surface area contributed by atoms with E-state index in [1.807, 2.05) is 0 Å². The van der Waals surface area contributed by atoms with E-state index in [1.54, 1.807) is 0 Å². The second-order valence-corrected chi connectivity index (χ2v) is 12.6. The van der Waals surface area contributed by atoms with Crippen molar-refractivity contribution < 1.29 is 54.0 Å². The summed E-state index contributed by atoms with van der Waals surface area (Å²) in [6.07, 6.45) is -0.0299. The lowest BCUT2D eigenvalue weighted by molar-refractivity contribution is -0.161. The second-order valence-electron chi connectivity index (χ2n) is 9.75. The van der Waals surface area contributed by atoms with Crippen molar-refractivity contribution in [3.63, 3.8) is 0 Å². The molecule has 1 saturated heterocycles. The minimum Gasteiger partial charge on any atom is -0.504 e. The summed E-state index contributed by atoms with van der Waals surface area (Å²) in [5, 5.41) is 45.4. The van der Waals surface area contributed by atoms with Crippen molar-refractivity contribution in [3.8, 4) is 11.5 Å². The summed E-state index contributed by atoms with van der Waals surface area (Å²) in [6.45, 7) is 2.18. The van der Waals surface area contributed by atoms with Crippen LogP contribution in [0.2, 0.25) is 0 Å². The van der Waals surface area contributed by atoms with E-state index >= 15 is 0 Å². The van der Waals surface area contributed by atoms with Gasteiger partial charge >= 0.3 is 17.9 Å². The highest BCUT2D eigenvalue weighted by Gasteiger charge is 2.54. The number of benzene rings is 1. The maximum absolute atomic E-state index is 13.2. The summed E-state index contributed by atoms with van der Waals surface area (Å²) in [4.78, 5) is 72.3. The lowest BCUT2D eigenvalue weighted by Gasteiger charge is -2.49. The van der Waals surface area contributed by atoms with Gasteiger partial charge in [-0.3, -0.25) is 14.5 Å². The molecule has 4 rings (SSSR count). The highest BCUT2D eigenvalue weighted by atomic mass is 79.9. The zero-order valence-electron chi connectivity index (χ0n) is 22.8. The number of nitrogen functional groups attached to an aromatic ring is 1. The fourth-order valence-corrected chi connectivity index (χ4v) is 6.32. The number of fused-ring (bicyclic) bond motifs is 1. The molecular formula is C25H24BrN5O11S2. The molecule has 0 saturated carbocycles. The lowest BCUT2D eigenvalue weighted by Crippen LogP contribution is -2.71. The number of nitrogens with two attached hydrogens (primary N) is 1. The first-order valence-electron chi connectivity index (χ1n) is 12.4. The number of aliphatic carboxylic acids is 2. The standard InChI is InChI=1S/C25H24BrN5O11S2/c1-25(2,23(39)40)42-30-14(12-8-44-24(27)28-12)18(34)29-15-19(35)31-16(21(36)37)9(7-43-20(15)31)3-4-41-22(38)10-5-11(26)17(33)13(32)6-10/h5-6,8,15,20,32-33H,3-4,7H2,1-2H3,(H2,27,28)(H,29,34)(H,36,37)(H,39,40)/b30-14-/t15-,20-/m1/s1. The number of rotatable bonds is 11. The molecule has 2 aromatic rings. The van der Waals surface area contributed by atoms with Crippen molar-refractivity contribution in [1.29, 1.82) is 0 Å². The van der Waals surface area contributed by atoms with Gasteiger partial charge in [-0.2, -0.15) is 0 Å². The molecule has 16 nitrogen and oxygen atoms in total. The van der Waals surface area contributed by atoms with Gasteiger partial charge in [0.2, 0.25) is 5.60 Å². The number of carbonyl (C=O) groups excluding carboxylic acids is 3. The second kappa shape index (κ2) is 12.7. The molecule has 2 aliphatic rings. The van der Waals surface area contributed by atoms with Gasteiger partial charge in [0.25, 0.3) is 11.8 Å². The number of carboxylic acid groups (broad SMARTS) is 2. The normalized spacial score (nSPS) is 18.3. The van der Waals surface area contributed by atoms with Gasteiger partial charge in [0.15, 0.2) is 22.3 Å². The minimum atomic E-state index is -1.80. The van der Waals surface area contributed by atoms with Crippen molar-refractivity contribution >= 4 is 79.6 Å². The molecule has 19 heteroatoms. The van der Waals surface area contributed by atoms with Crippen molar-refractivity contribution in [2.24, 2.45) is 5.16 Å². The summed E-state index contributed by atoms with van der Waals surface area (Å²) in [6, 6.07) is 1.10. The van der Waals surface area contributed by atoms with Crippen molar-refractivity contribution in [2.75, 3.05) is 18.1 Å². The SMILES string of the molecule is CC(C)(O/N=C(\C(=O)N[C@@H]1C(=O)N2C(C(=O)O)=C(CCOC(=O)c3cc(O)c(O)c(Br)c3)CS[C@H]12)c1csc(N)n1)C(=O)O. The third-order valence-corrected chi connectivity index (χ3v) is 8.93. The molecule has 234 valence electrons. The van der Waals surface area contributed by atoms with Gasteiger partial charge in [-0.15, -0.1) is 23.1 Å². The van der Waals surface area contributed by atoms with Crippen LogP contribution in [0.4, 0.5) is 5.13 Å². The summed E-state index contributed by atoms with van der Waals surface area (Å²) < 4.78 is 5.26. The number of hydrogen-bond acceptors (Lipinski definition) is 14. The maximum Gasteiger partial charge on any atom is 0.352 e. The number of ether oxygens (including phenoxy) is 1. The van der Waals surface area contributed by atoms with Crippen molar-refractivity contribution in [3.05, 3.63) is 44.5 Å². The Hall–Kier alpha value is -4.36. The molecule has 44 heavy (non-hydrogen) atoms. The van der Waals surface area contributed by atoms with E-state index in [1.165, 1.54) is 37.1 Å². The van der Waals surface area contributed by atoms with E-state index in [0.29, 0.717) is 5.57 Å². The quantitative estimate of drug-likeness (QED) is 0.0634. The highest BCUT2D eigenvalue weighted by Crippen LogP contribution is 2.41. The van der Waals surface area contributed by atoms with Gasteiger partial charge in [0, 0.05) is 17.6 Å². The molecule has 1 aromatic heterocycles. The molecule has 0 spiro atoms. The molecule has 0 aliphatic carbocycles. The molecule has 7 N–H and O–H groups in total. The average Bonchev–Trinajstić information content (AvgIpc) is 3.39. The molecule has 2 aliphatic heterocycles. The number of halogens is 1. The number of nitrogens with zero attached hydrogens (tertiary/aromatic N) is 3. The van der Waals surface area contributed by atoms with E-state index in [4.69, 9.17) is 15.3 Å². The molecule has 2 atom stereocenters. The van der Waals surface area contributed by atoms with Gasteiger partial charge in [-0.05, 0) is 47.5 Å². The van der Waals surface area contributed by atoms with Gasteiger partial charge in [0.1, 0.15) is 22.8 Å². The lowest BCUT2D eigenvalue weighted by atomic mass is 10.0. The van der Waals surface area contributed by atoms with Crippen LogP contribution >= 0.6 is 39.0 Å². The molecule has 1 aromatic carbocycles. The third-order valence-electron chi connectivity index (χ3n) is 6.31. The number of thioether (sulfide) groups is 1. The highest BCUT2D eigenvalue weighted by molar-refractivity contribution is 9.10. The Bertz CT molecular complexity index is 1600. The number of phenols is 2. The molecule has 0 radical (unpaired) electrons. The molecule has 3 heterocycles. The van der Waals surface area contributed by atoms with Crippen LogP contribution in [0.25, 0.3) is 0 Å². The van der Waals surface area contributed by atoms with E-state index in [-0.39, 0.29) is 45.3 Å². The number of anilines is 1. The Morgan fingerprint density at radius 2 is 1.95 bits per heavy atom. The third kappa shape index (κ3) is 6.58. The topological polar surface area (TPSA) is 251 Å². The smallest absolute Gasteiger partial charge is 0.352 e. The molecule has 2 amide bonds. The number of phenolic OH excluding ortho intramolecular Hbond substituents is 2. The summed E-state index contributed by atoms with van der Waals surface area (Å²) in [5.74, 6) is -6.10. The van der Waals surface area contributed by atoms with E-state index in [9.17, 15) is 44.4 Å². The van der Waals surface area contributed by atoms with Crippen LogP contribution in [0, 0.1) is 0 Å². The Balaban J connectivity index is 1.46. The Morgan fingerprint density at radius 1 is 1.25 bits per heavy atom. The van der Waals surface area contributed by atoms with Crippen LogP contribution in [0.1, 0.15) is 36.3 Å². The number of amides is 2. The van der Waals surface area contributed by atoms with E-state index < -0.39 is 63.9 Å². The Kier molecular flexibility index (Phi) is 9.40. The zero-order chi connectivity index (χ0) is 32.5. The van der Waals surface area contributed by atoms with Crippen molar-refractivity contribution in [2.45, 2.75) is 37.3 Å². The molecule has 1 fully saturated rings. The number of hydrogen-bond donors (Lipinski definition) is 6. The monoisotopic (exact) mass is 713 g/mol. The number of thiazole rings is 1. The number of carbonyl (C=O) groups is 5. The minimum absolute atomic E-state index is 0.0241. The van der Waals surface area contributed by atoms with Gasteiger partial charge in [-0.25, -0.2) is 19.4 Å². The van der Waals surface area contributed by atoms with Crippen molar-refractivity contribution in [1.82, 2.24) is 15.2 Å². The number of esters is 1. The van der Waals surface area contributed by atoms with Crippen LogP contribution in [-0.2, 0) is 28.8 Å². The van der Waals surface area contributed by atoms with Crippen LogP contribution in [0.3, 0.4) is 0 Å². The van der Waals surface area contributed by atoms with Crippen LogP contribution in [0.5, 0.6) is 11.5 Å². The molecule has 0 bridgehead atoms. The number of oxime groups is 1. The number of nitrogens with one attached hydrogen (secondary N) is 1. The van der Waals surface area contributed by atoms with Crippen LogP contribution in [0.15, 0.2) is 38.4 Å².